The molecule has 0 saturated carbocycles. The Hall–Kier alpha value is -2.42. The van der Waals surface area contributed by atoms with Gasteiger partial charge in [-0.05, 0) is 30.7 Å². The molecule has 1 aromatic heterocycles. The van der Waals surface area contributed by atoms with Gasteiger partial charge in [0.15, 0.2) is 5.69 Å². The molecule has 0 spiro atoms. The van der Waals surface area contributed by atoms with Crippen molar-refractivity contribution in [2.24, 2.45) is 0 Å². The highest BCUT2D eigenvalue weighted by molar-refractivity contribution is 7.09. The van der Waals surface area contributed by atoms with Crippen molar-refractivity contribution in [2.45, 2.75) is 38.9 Å². The maximum Gasteiger partial charge on any atom is 0.416 e. The molecular formula is C19H21F3N2O3S. The minimum atomic E-state index is -4.45. The van der Waals surface area contributed by atoms with E-state index < -0.39 is 17.7 Å². The zero-order chi connectivity index (χ0) is 20.7. The van der Waals surface area contributed by atoms with Crippen LogP contribution in [0.3, 0.4) is 0 Å². The molecule has 152 valence electrons. The van der Waals surface area contributed by atoms with Gasteiger partial charge in [0.1, 0.15) is 5.01 Å². The van der Waals surface area contributed by atoms with Crippen molar-refractivity contribution in [2.75, 3.05) is 13.7 Å². The second-order valence-corrected chi connectivity index (χ2v) is 7.07. The Kier molecular flexibility index (Phi) is 7.56. The minimum absolute atomic E-state index is 0.165. The molecule has 0 N–H and O–H groups in total. The number of methoxy groups -OCH3 is 1. The van der Waals surface area contributed by atoms with Gasteiger partial charge >= 0.3 is 12.1 Å². The zero-order valence-corrected chi connectivity index (χ0v) is 16.4. The van der Waals surface area contributed by atoms with Crippen LogP contribution in [0.25, 0.3) is 0 Å². The summed E-state index contributed by atoms with van der Waals surface area (Å²) in [5.41, 5.74) is -0.462. The largest absolute Gasteiger partial charge is 0.464 e. The van der Waals surface area contributed by atoms with Crippen molar-refractivity contribution in [1.82, 2.24) is 9.88 Å². The summed E-state index contributed by atoms with van der Waals surface area (Å²) in [6.45, 7) is 2.65. The topological polar surface area (TPSA) is 59.5 Å². The van der Waals surface area contributed by atoms with Gasteiger partial charge in [0, 0.05) is 17.5 Å². The molecule has 9 heteroatoms. The molecule has 2 aromatic rings. The number of carbonyl (C=O) groups is 2. The number of aromatic nitrogens is 1. The molecule has 28 heavy (non-hydrogen) atoms. The number of ether oxygens (including phenoxy) is 1. The SMILES string of the molecule is CCCCCN(Cc1nc(C(=O)OC)cs1)C(=O)c1ccc(C(F)(F)F)cc1. The molecule has 1 amide bonds. The van der Waals surface area contributed by atoms with E-state index in [1.807, 2.05) is 6.92 Å². The smallest absolute Gasteiger partial charge is 0.416 e. The van der Waals surface area contributed by atoms with E-state index in [1.54, 1.807) is 5.38 Å². The van der Waals surface area contributed by atoms with Crippen LogP contribution < -0.4 is 0 Å². The van der Waals surface area contributed by atoms with Crippen LogP contribution in [0.5, 0.6) is 0 Å². The summed E-state index contributed by atoms with van der Waals surface area (Å²) in [6, 6.07) is 4.16. The highest BCUT2D eigenvalue weighted by atomic mass is 32.1. The number of nitrogens with zero attached hydrogens (tertiary/aromatic N) is 2. The van der Waals surface area contributed by atoms with E-state index in [9.17, 15) is 22.8 Å². The molecule has 0 radical (unpaired) electrons. The first kappa shape index (κ1) is 21.9. The quantitative estimate of drug-likeness (QED) is 0.461. The standard InChI is InChI=1S/C19H21F3N2O3S/c1-3-4-5-10-24(11-16-23-15(12-28-16)18(26)27-2)17(25)13-6-8-14(9-7-13)19(20,21)22/h6-9,12H,3-5,10-11H2,1-2H3. The van der Waals surface area contributed by atoms with Gasteiger partial charge in [-0.3, -0.25) is 4.79 Å². The predicted molar refractivity (Wildman–Crippen MR) is 99.2 cm³/mol. The molecule has 1 heterocycles. The average Bonchev–Trinajstić information content (AvgIpc) is 3.14. The summed E-state index contributed by atoms with van der Waals surface area (Å²) in [7, 11) is 1.26. The van der Waals surface area contributed by atoms with Gasteiger partial charge in [-0.15, -0.1) is 11.3 Å². The second kappa shape index (κ2) is 9.68. The average molecular weight is 414 g/mol. The molecule has 0 atom stereocenters. The lowest BCUT2D eigenvalue weighted by molar-refractivity contribution is -0.137. The summed E-state index contributed by atoms with van der Waals surface area (Å²) in [6.07, 6.45) is -1.81. The van der Waals surface area contributed by atoms with Gasteiger partial charge in [-0.1, -0.05) is 19.8 Å². The number of hydrogen-bond donors (Lipinski definition) is 0. The number of amides is 1. The molecule has 2 rings (SSSR count). The van der Waals surface area contributed by atoms with Gasteiger partial charge in [0.2, 0.25) is 0 Å². The van der Waals surface area contributed by atoms with Crippen LogP contribution in [0.1, 0.15) is 57.6 Å². The van der Waals surface area contributed by atoms with Crippen molar-refractivity contribution in [3.63, 3.8) is 0 Å². The van der Waals surface area contributed by atoms with Crippen molar-refractivity contribution in [3.05, 3.63) is 51.5 Å². The van der Waals surface area contributed by atoms with Crippen LogP contribution in [0, 0.1) is 0 Å². The van der Waals surface area contributed by atoms with Gasteiger partial charge in [0.05, 0.1) is 19.2 Å². The third kappa shape index (κ3) is 5.79. The van der Waals surface area contributed by atoms with Gasteiger partial charge in [-0.25, -0.2) is 9.78 Å². The van der Waals surface area contributed by atoms with Crippen LogP contribution in [-0.2, 0) is 17.5 Å². The second-order valence-electron chi connectivity index (χ2n) is 6.13. The molecule has 0 fully saturated rings. The summed E-state index contributed by atoms with van der Waals surface area (Å²) < 4.78 is 42.8. The van der Waals surface area contributed by atoms with Crippen molar-refractivity contribution in [1.29, 1.82) is 0 Å². The third-order valence-corrected chi connectivity index (χ3v) is 4.88. The number of unbranched alkanes of at least 4 members (excludes halogenated alkanes) is 2. The van der Waals surface area contributed by atoms with Crippen LogP contribution in [-0.4, -0.2) is 35.4 Å². The summed E-state index contributed by atoms with van der Waals surface area (Å²) in [5.74, 6) is -0.936. The monoisotopic (exact) mass is 414 g/mol. The molecule has 0 saturated heterocycles. The first-order valence-electron chi connectivity index (χ1n) is 8.75. The first-order valence-corrected chi connectivity index (χ1v) is 9.63. The fraction of sp³-hybridized carbons (Fsp3) is 0.421. The summed E-state index contributed by atoms with van der Waals surface area (Å²) in [5, 5.41) is 2.10. The third-order valence-electron chi connectivity index (χ3n) is 4.05. The molecule has 0 unspecified atom stereocenters. The van der Waals surface area contributed by atoms with E-state index in [0.717, 1.165) is 31.4 Å². The number of thiazole rings is 1. The zero-order valence-electron chi connectivity index (χ0n) is 15.6. The maximum atomic E-state index is 12.8. The summed E-state index contributed by atoms with van der Waals surface area (Å²) >= 11 is 1.22. The van der Waals surface area contributed by atoms with Gasteiger partial charge < -0.3 is 9.64 Å². The number of carbonyl (C=O) groups excluding carboxylic acids is 2. The molecule has 1 aromatic carbocycles. The molecule has 0 aliphatic heterocycles. The molecule has 0 aliphatic carbocycles. The Balaban J connectivity index is 2.18. The lowest BCUT2D eigenvalue weighted by Crippen LogP contribution is -2.31. The molecule has 5 nitrogen and oxygen atoms in total. The Morgan fingerprint density at radius 2 is 1.86 bits per heavy atom. The van der Waals surface area contributed by atoms with E-state index in [4.69, 9.17) is 0 Å². The number of halogens is 3. The molecule has 0 bridgehead atoms. The molecular weight excluding hydrogens is 393 g/mol. The Morgan fingerprint density at radius 1 is 1.18 bits per heavy atom. The van der Waals surface area contributed by atoms with Gasteiger partial charge in [0.25, 0.3) is 5.91 Å². The number of hydrogen-bond acceptors (Lipinski definition) is 5. The number of alkyl halides is 3. The van der Waals surface area contributed by atoms with Crippen LogP contribution >= 0.6 is 11.3 Å². The Morgan fingerprint density at radius 3 is 2.43 bits per heavy atom. The number of rotatable bonds is 8. The molecule has 0 aliphatic rings. The van der Waals surface area contributed by atoms with Crippen molar-refractivity contribution >= 4 is 23.2 Å². The van der Waals surface area contributed by atoms with E-state index in [-0.39, 0.29) is 23.7 Å². The van der Waals surface area contributed by atoms with Crippen molar-refractivity contribution < 1.29 is 27.5 Å². The number of benzene rings is 1. The van der Waals surface area contributed by atoms with E-state index in [2.05, 4.69) is 9.72 Å². The maximum absolute atomic E-state index is 12.8. The van der Waals surface area contributed by atoms with E-state index in [0.29, 0.717) is 11.6 Å². The summed E-state index contributed by atoms with van der Waals surface area (Å²) in [4.78, 5) is 30.1. The lowest BCUT2D eigenvalue weighted by atomic mass is 10.1. The number of esters is 1. The first-order chi connectivity index (χ1) is 13.3. The normalized spacial score (nSPS) is 11.3. The lowest BCUT2D eigenvalue weighted by Gasteiger charge is -2.22. The van der Waals surface area contributed by atoms with Gasteiger partial charge in [-0.2, -0.15) is 13.2 Å². The van der Waals surface area contributed by atoms with E-state index >= 15 is 0 Å². The Bertz CT molecular complexity index is 804. The van der Waals surface area contributed by atoms with Crippen molar-refractivity contribution in [3.8, 4) is 0 Å². The minimum Gasteiger partial charge on any atom is -0.464 e. The highest BCUT2D eigenvalue weighted by Crippen LogP contribution is 2.29. The fourth-order valence-corrected chi connectivity index (χ4v) is 3.31. The Labute approximate surface area is 165 Å². The predicted octanol–water partition coefficient (Wildman–Crippen LogP) is 4.78. The van der Waals surface area contributed by atoms with Crippen LogP contribution in [0.4, 0.5) is 13.2 Å². The highest BCUT2D eigenvalue weighted by Gasteiger charge is 2.30. The van der Waals surface area contributed by atoms with E-state index in [1.165, 1.54) is 35.5 Å². The van der Waals surface area contributed by atoms with Crippen LogP contribution in [0.2, 0.25) is 0 Å². The fourth-order valence-electron chi connectivity index (χ4n) is 2.53. The van der Waals surface area contributed by atoms with Crippen LogP contribution in [0.15, 0.2) is 29.6 Å².